The summed E-state index contributed by atoms with van der Waals surface area (Å²) in [6.07, 6.45) is 9.00. The molecule has 0 bridgehead atoms. The highest BCUT2D eigenvalue weighted by atomic mass is 16.4. The van der Waals surface area contributed by atoms with Crippen molar-refractivity contribution in [1.82, 2.24) is 10.2 Å². The summed E-state index contributed by atoms with van der Waals surface area (Å²) in [5, 5.41) is 13.1. The molecule has 7 nitrogen and oxygen atoms in total. The number of aliphatic carboxylic acids is 1. The number of carbonyl (C=O) groups is 3. The number of nitrogens with two attached hydrogens (primary N) is 1. The van der Waals surface area contributed by atoms with E-state index in [4.69, 9.17) is 5.73 Å². The summed E-state index contributed by atoms with van der Waals surface area (Å²) < 4.78 is 0. The summed E-state index contributed by atoms with van der Waals surface area (Å²) in [5.41, 5.74) is 5.65. The van der Waals surface area contributed by atoms with Crippen molar-refractivity contribution in [3.05, 3.63) is 0 Å². The van der Waals surface area contributed by atoms with Crippen molar-refractivity contribution in [1.29, 1.82) is 0 Å². The standard InChI is InChI=1S/C27H45N3O4/c1-23(2,3)19(29-20(31)18(28)25(6)11-8-7-9-12-25)21(32)30-16-27(15-17(30)22(33)34)24(4,5)26(27)13-10-14-26/h17-19H,7-16,28H2,1-6H3,(H,29,31)(H,33,34)/t17-,18+,19+,27+/m0/s1. The van der Waals surface area contributed by atoms with E-state index in [1.165, 1.54) is 6.42 Å². The van der Waals surface area contributed by atoms with Crippen LogP contribution in [0.15, 0.2) is 0 Å². The summed E-state index contributed by atoms with van der Waals surface area (Å²) in [7, 11) is 0. The van der Waals surface area contributed by atoms with Crippen molar-refractivity contribution in [3.63, 3.8) is 0 Å². The van der Waals surface area contributed by atoms with Crippen molar-refractivity contribution >= 4 is 17.8 Å². The normalized spacial score (nSPS) is 32.7. The van der Waals surface area contributed by atoms with Crippen molar-refractivity contribution in [2.75, 3.05) is 6.54 Å². The second kappa shape index (κ2) is 7.94. The lowest BCUT2D eigenvalue weighted by Gasteiger charge is -2.40. The van der Waals surface area contributed by atoms with Gasteiger partial charge in [0.15, 0.2) is 0 Å². The number of amides is 2. The van der Waals surface area contributed by atoms with Crippen LogP contribution in [0.5, 0.6) is 0 Å². The van der Waals surface area contributed by atoms with E-state index in [9.17, 15) is 19.5 Å². The monoisotopic (exact) mass is 475 g/mol. The molecule has 1 aliphatic heterocycles. The second-order valence-corrected chi connectivity index (χ2v) is 13.7. The predicted molar refractivity (Wildman–Crippen MR) is 131 cm³/mol. The number of rotatable bonds is 5. The molecule has 3 aliphatic carbocycles. The van der Waals surface area contributed by atoms with Crippen LogP contribution in [0.2, 0.25) is 0 Å². The minimum Gasteiger partial charge on any atom is -0.480 e. The first-order valence-corrected chi connectivity index (χ1v) is 13.2. The topological polar surface area (TPSA) is 113 Å². The molecule has 1 heterocycles. The fraction of sp³-hybridized carbons (Fsp3) is 0.889. The number of nitrogens with one attached hydrogen (secondary N) is 1. The van der Waals surface area contributed by atoms with Gasteiger partial charge in [-0.15, -0.1) is 0 Å². The molecule has 7 heteroatoms. The number of nitrogens with zero attached hydrogens (tertiary/aromatic N) is 1. The molecule has 1 saturated heterocycles. The third-order valence-electron chi connectivity index (χ3n) is 10.8. The van der Waals surface area contributed by atoms with Crippen LogP contribution in [0, 0.1) is 27.1 Å². The lowest BCUT2D eigenvalue weighted by atomic mass is 9.70. The van der Waals surface area contributed by atoms with Crippen LogP contribution >= 0.6 is 0 Å². The number of likely N-dealkylation sites (tertiary alicyclic amines) is 1. The zero-order chi connectivity index (χ0) is 25.3. The highest BCUT2D eigenvalue weighted by molar-refractivity contribution is 5.93. The molecule has 0 radical (unpaired) electrons. The van der Waals surface area contributed by atoms with Gasteiger partial charge in [-0.25, -0.2) is 4.79 Å². The molecule has 3 saturated carbocycles. The fourth-order valence-corrected chi connectivity index (χ4v) is 8.08. The molecule has 4 rings (SSSR count). The summed E-state index contributed by atoms with van der Waals surface area (Å²) in [5.74, 6) is -1.54. The van der Waals surface area contributed by atoms with E-state index in [1.807, 2.05) is 20.8 Å². The summed E-state index contributed by atoms with van der Waals surface area (Å²) in [6.45, 7) is 12.8. The zero-order valence-corrected chi connectivity index (χ0v) is 22.0. The molecule has 2 spiro atoms. The highest BCUT2D eigenvalue weighted by Crippen LogP contribution is 2.88. The average Bonchev–Trinajstić information content (AvgIpc) is 2.97. The van der Waals surface area contributed by atoms with Crippen molar-refractivity contribution < 1.29 is 19.5 Å². The molecule has 4 atom stereocenters. The Labute approximate surface area is 204 Å². The Kier molecular flexibility index (Phi) is 5.95. The van der Waals surface area contributed by atoms with Gasteiger partial charge in [-0.05, 0) is 53.8 Å². The lowest BCUT2D eigenvalue weighted by Crippen LogP contribution is -2.61. The molecule has 0 aromatic carbocycles. The molecule has 4 aliphatic rings. The number of carboxylic acid groups (broad SMARTS) is 1. The van der Waals surface area contributed by atoms with Crippen LogP contribution in [0.1, 0.15) is 99.3 Å². The Balaban J connectivity index is 1.56. The molecule has 0 aromatic rings. The van der Waals surface area contributed by atoms with Gasteiger partial charge in [-0.2, -0.15) is 0 Å². The molecule has 2 amide bonds. The molecule has 0 unspecified atom stereocenters. The number of carbonyl (C=O) groups excluding carboxylic acids is 2. The highest BCUT2D eigenvalue weighted by Gasteiger charge is 2.85. The summed E-state index contributed by atoms with van der Waals surface area (Å²) >= 11 is 0. The quantitative estimate of drug-likeness (QED) is 0.561. The van der Waals surface area contributed by atoms with Gasteiger partial charge < -0.3 is 21.1 Å². The van der Waals surface area contributed by atoms with Crippen LogP contribution in [-0.2, 0) is 14.4 Å². The number of carboxylic acids is 1. The zero-order valence-electron chi connectivity index (χ0n) is 22.0. The fourth-order valence-electron chi connectivity index (χ4n) is 8.08. The van der Waals surface area contributed by atoms with E-state index in [-0.39, 0.29) is 33.5 Å². The minimum atomic E-state index is -0.951. The van der Waals surface area contributed by atoms with Gasteiger partial charge in [-0.3, -0.25) is 9.59 Å². The summed E-state index contributed by atoms with van der Waals surface area (Å²) in [6, 6.07) is -2.36. The molecule has 0 aromatic heterocycles. The number of hydrogen-bond donors (Lipinski definition) is 3. The smallest absolute Gasteiger partial charge is 0.326 e. The Morgan fingerprint density at radius 3 is 2.00 bits per heavy atom. The van der Waals surface area contributed by atoms with Gasteiger partial charge in [0.2, 0.25) is 11.8 Å². The first kappa shape index (κ1) is 25.5. The van der Waals surface area contributed by atoms with E-state index in [0.29, 0.717) is 13.0 Å². The Bertz CT molecular complexity index is 866. The van der Waals surface area contributed by atoms with E-state index in [0.717, 1.165) is 44.9 Å². The molecular formula is C27H45N3O4. The van der Waals surface area contributed by atoms with Crippen LogP contribution < -0.4 is 11.1 Å². The maximum Gasteiger partial charge on any atom is 0.326 e. The second-order valence-electron chi connectivity index (χ2n) is 13.7. The first-order valence-electron chi connectivity index (χ1n) is 13.2. The first-order chi connectivity index (χ1) is 15.6. The maximum atomic E-state index is 14.0. The number of hydrogen-bond acceptors (Lipinski definition) is 4. The van der Waals surface area contributed by atoms with Gasteiger partial charge in [0.1, 0.15) is 12.1 Å². The third-order valence-corrected chi connectivity index (χ3v) is 10.8. The minimum absolute atomic E-state index is 0.0272. The van der Waals surface area contributed by atoms with Crippen molar-refractivity contribution in [2.45, 2.75) is 117 Å². The largest absolute Gasteiger partial charge is 0.480 e. The van der Waals surface area contributed by atoms with E-state index < -0.39 is 29.5 Å². The third kappa shape index (κ3) is 3.43. The molecule has 4 N–H and O–H groups in total. The van der Waals surface area contributed by atoms with Gasteiger partial charge in [0.25, 0.3) is 0 Å². The Morgan fingerprint density at radius 2 is 1.56 bits per heavy atom. The van der Waals surface area contributed by atoms with Gasteiger partial charge in [-0.1, -0.05) is 67.2 Å². The predicted octanol–water partition coefficient (Wildman–Crippen LogP) is 3.70. The average molecular weight is 476 g/mol. The van der Waals surface area contributed by atoms with Crippen LogP contribution in [0.25, 0.3) is 0 Å². The Morgan fingerprint density at radius 1 is 0.971 bits per heavy atom. The maximum absolute atomic E-state index is 14.0. The van der Waals surface area contributed by atoms with E-state index >= 15 is 0 Å². The lowest BCUT2D eigenvalue weighted by molar-refractivity contribution is -0.151. The van der Waals surface area contributed by atoms with E-state index in [2.05, 4.69) is 26.1 Å². The van der Waals surface area contributed by atoms with Gasteiger partial charge >= 0.3 is 5.97 Å². The molecule has 192 valence electrons. The van der Waals surface area contributed by atoms with Gasteiger partial charge in [0.05, 0.1) is 6.04 Å². The molecule has 34 heavy (non-hydrogen) atoms. The van der Waals surface area contributed by atoms with E-state index in [1.54, 1.807) is 4.90 Å². The Hall–Kier alpha value is -1.63. The van der Waals surface area contributed by atoms with Gasteiger partial charge in [0, 0.05) is 12.0 Å². The van der Waals surface area contributed by atoms with Crippen LogP contribution in [0.4, 0.5) is 0 Å². The van der Waals surface area contributed by atoms with Crippen molar-refractivity contribution in [3.8, 4) is 0 Å². The van der Waals surface area contributed by atoms with Crippen LogP contribution in [0.3, 0.4) is 0 Å². The summed E-state index contributed by atoms with van der Waals surface area (Å²) in [4.78, 5) is 41.2. The van der Waals surface area contributed by atoms with Crippen LogP contribution in [-0.4, -0.2) is 52.5 Å². The SMILES string of the molecule is CC(C)(C)[C@H](NC(=O)[C@@H](N)C1(C)CCCCC1)C(=O)N1C[C@]2(C[C@H]1C(=O)O)C(C)(C)C21CCC1. The molecule has 4 fully saturated rings. The van der Waals surface area contributed by atoms with Crippen molar-refractivity contribution in [2.24, 2.45) is 32.8 Å². The number of fused-ring (bicyclic) bond motifs is 1. The molecular weight excluding hydrogens is 430 g/mol.